The van der Waals surface area contributed by atoms with Crippen LogP contribution >= 0.6 is 0 Å². The maximum absolute atomic E-state index is 11.9. The molecule has 0 aromatic heterocycles. The molecule has 0 saturated carbocycles. The lowest BCUT2D eigenvalue weighted by Gasteiger charge is -2.22. The van der Waals surface area contributed by atoms with Gasteiger partial charge in [-0.15, -0.1) is 0 Å². The number of alkyl carbamates (subject to hydrolysis) is 1. The quantitative estimate of drug-likeness (QED) is 0.573. The van der Waals surface area contributed by atoms with E-state index in [4.69, 9.17) is 9.84 Å². The monoisotopic (exact) mass is 301 g/mol. The zero-order valence-corrected chi connectivity index (χ0v) is 12.7. The topological polar surface area (TPSA) is 117 Å². The highest BCUT2D eigenvalue weighted by molar-refractivity contribution is 5.85. The Bertz CT molecular complexity index is 419. The highest BCUT2D eigenvalue weighted by atomic mass is 16.6. The SMILES string of the molecule is CC(NC(=O)OC(C)(C)C)C(=O)NC1CNC(C(=O)O)C1. The van der Waals surface area contributed by atoms with E-state index in [0.29, 0.717) is 13.0 Å². The van der Waals surface area contributed by atoms with Gasteiger partial charge < -0.3 is 25.8 Å². The Morgan fingerprint density at radius 3 is 2.43 bits per heavy atom. The highest BCUT2D eigenvalue weighted by Gasteiger charge is 2.31. The van der Waals surface area contributed by atoms with E-state index in [9.17, 15) is 14.4 Å². The largest absolute Gasteiger partial charge is 0.480 e. The molecule has 0 radical (unpaired) electrons. The van der Waals surface area contributed by atoms with Crippen molar-refractivity contribution in [2.45, 2.75) is 57.8 Å². The third kappa shape index (κ3) is 5.99. The summed E-state index contributed by atoms with van der Waals surface area (Å²) >= 11 is 0. The first kappa shape index (κ1) is 17.2. The van der Waals surface area contributed by atoms with Crippen LogP contribution in [-0.4, -0.2) is 53.3 Å². The Labute approximate surface area is 123 Å². The number of carboxylic acid groups (broad SMARTS) is 1. The first-order valence-electron chi connectivity index (χ1n) is 6.84. The Balaban J connectivity index is 2.38. The summed E-state index contributed by atoms with van der Waals surface area (Å²) in [5.74, 6) is -1.31. The second-order valence-corrected chi connectivity index (χ2v) is 6.11. The fourth-order valence-electron chi connectivity index (χ4n) is 1.91. The van der Waals surface area contributed by atoms with Crippen LogP contribution in [0.4, 0.5) is 4.79 Å². The zero-order chi connectivity index (χ0) is 16.2. The molecule has 1 aliphatic heterocycles. The summed E-state index contributed by atoms with van der Waals surface area (Å²) in [4.78, 5) is 34.3. The number of nitrogens with one attached hydrogen (secondary N) is 3. The van der Waals surface area contributed by atoms with E-state index in [1.807, 2.05) is 0 Å². The number of aliphatic carboxylic acids is 1. The van der Waals surface area contributed by atoms with Crippen molar-refractivity contribution in [1.29, 1.82) is 0 Å². The molecule has 0 aromatic carbocycles. The molecule has 21 heavy (non-hydrogen) atoms. The molecule has 8 heteroatoms. The van der Waals surface area contributed by atoms with Crippen LogP contribution in [0.15, 0.2) is 0 Å². The molecule has 0 spiro atoms. The summed E-state index contributed by atoms with van der Waals surface area (Å²) in [7, 11) is 0. The van der Waals surface area contributed by atoms with Crippen LogP contribution in [0.2, 0.25) is 0 Å². The predicted octanol–water partition coefficient (Wildman–Crippen LogP) is -0.169. The van der Waals surface area contributed by atoms with E-state index in [1.54, 1.807) is 20.8 Å². The maximum Gasteiger partial charge on any atom is 0.408 e. The molecular formula is C13H23N3O5. The molecular weight excluding hydrogens is 278 g/mol. The molecule has 1 rings (SSSR count). The fraction of sp³-hybridized carbons (Fsp3) is 0.769. The molecule has 3 unspecified atom stereocenters. The fourth-order valence-corrected chi connectivity index (χ4v) is 1.91. The third-order valence-corrected chi connectivity index (χ3v) is 2.90. The van der Waals surface area contributed by atoms with Gasteiger partial charge in [-0.05, 0) is 34.1 Å². The zero-order valence-electron chi connectivity index (χ0n) is 12.7. The number of amides is 2. The molecule has 1 heterocycles. The molecule has 1 aliphatic rings. The van der Waals surface area contributed by atoms with Gasteiger partial charge in [0.2, 0.25) is 5.91 Å². The molecule has 0 aromatic rings. The second kappa shape index (κ2) is 6.75. The minimum atomic E-state index is -0.938. The minimum Gasteiger partial charge on any atom is -0.480 e. The number of ether oxygens (including phenoxy) is 1. The predicted molar refractivity (Wildman–Crippen MR) is 74.8 cm³/mol. The lowest BCUT2D eigenvalue weighted by Crippen LogP contribution is -2.49. The average Bonchev–Trinajstić information content (AvgIpc) is 2.74. The van der Waals surface area contributed by atoms with Gasteiger partial charge in [-0.1, -0.05) is 0 Å². The molecule has 3 atom stereocenters. The third-order valence-electron chi connectivity index (χ3n) is 2.90. The Morgan fingerprint density at radius 1 is 1.33 bits per heavy atom. The van der Waals surface area contributed by atoms with Crippen molar-refractivity contribution in [3.63, 3.8) is 0 Å². The molecule has 0 bridgehead atoms. The maximum atomic E-state index is 11.9. The minimum absolute atomic E-state index is 0.263. The van der Waals surface area contributed by atoms with Gasteiger partial charge in [0.05, 0.1) is 0 Å². The van der Waals surface area contributed by atoms with Gasteiger partial charge in [0.15, 0.2) is 0 Å². The van der Waals surface area contributed by atoms with Gasteiger partial charge in [0, 0.05) is 12.6 Å². The van der Waals surface area contributed by atoms with Crippen LogP contribution in [0, 0.1) is 0 Å². The number of carboxylic acids is 1. The Morgan fingerprint density at radius 2 is 1.95 bits per heavy atom. The molecule has 120 valence electrons. The molecule has 2 amide bonds. The van der Waals surface area contributed by atoms with E-state index < -0.39 is 29.7 Å². The van der Waals surface area contributed by atoms with E-state index in [1.165, 1.54) is 6.92 Å². The van der Waals surface area contributed by atoms with Crippen LogP contribution in [0.5, 0.6) is 0 Å². The normalized spacial score (nSPS) is 23.2. The average molecular weight is 301 g/mol. The van der Waals surface area contributed by atoms with Crippen molar-refractivity contribution >= 4 is 18.0 Å². The molecule has 1 saturated heterocycles. The number of carbonyl (C=O) groups excluding carboxylic acids is 2. The number of hydrogen-bond donors (Lipinski definition) is 4. The van der Waals surface area contributed by atoms with Crippen molar-refractivity contribution in [2.24, 2.45) is 0 Å². The Hall–Kier alpha value is -1.83. The summed E-state index contributed by atoms with van der Waals surface area (Å²) in [6, 6.07) is -1.67. The van der Waals surface area contributed by atoms with Gasteiger partial charge >= 0.3 is 12.1 Å². The number of hydrogen-bond acceptors (Lipinski definition) is 5. The van der Waals surface area contributed by atoms with Gasteiger partial charge in [-0.3, -0.25) is 9.59 Å². The summed E-state index contributed by atoms with van der Waals surface area (Å²) in [6.45, 7) is 7.12. The van der Waals surface area contributed by atoms with Crippen molar-refractivity contribution in [2.75, 3.05) is 6.54 Å². The van der Waals surface area contributed by atoms with Crippen LogP contribution in [0.3, 0.4) is 0 Å². The van der Waals surface area contributed by atoms with Crippen molar-refractivity contribution in [1.82, 2.24) is 16.0 Å². The van der Waals surface area contributed by atoms with Crippen LogP contribution in [0.1, 0.15) is 34.1 Å². The number of carbonyl (C=O) groups is 3. The van der Waals surface area contributed by atoms with Gasteiger partial charge in [0.1, 0.15) is 17.7 Å². The summed E-state index contributed by atoms with van der Waals surface area (Å²) in [6.07, 6.45) is -0.349. The lowest BCUT2D eigenvalue weighted by atomic mass is 10.1. The van der Waals surface area contributed by atoms with E-state index >= 15 is 0 Å². The lowest BCUT2D eigenvalue weighted by molar-refractivity contribution is -0.139. The Kier molecular flexibility index (Phi) is 5.54. The van der Waals surface area contributed by atoms with E-state index in [-0.39, 0.29) is 11.9 Å². The summed E-state index contributed by atoms with van der Waals surface area (Å²) in [5.41, 5.74) is -0.635. The van der Waals surface area contributed by atoms with E-state index in [2.05, 4.69) is 16.0 Å². The smallest absolute Gasteiger partial charge is 0.408 e. The van der Waals surface area contributed by atoms with Gasteiger partial charge in [-0.2, -0.15) is 0 Å². The van der Waals surface area contributed by atoms with Crippen molar-refractivity contribution in [3.05, 3.63) is 0 Å². The molecule has 1 fully saturated rings. The number of rotatable bonds is 4. The summed E-state index contributed by atoms with van der Waals surface area (Å²) < 4.78 is 5.06. The van der Waals surface area contributed by atoms with Crippen LogP contribution in [-0.2, 0) is 14.3 Å². The van der Waals surface area contributed by atoms with Crippen LogP contribution < -0.4 is 16.0 Å². The van der Waals surface area contributed by atoms with E-state index in [0.717, 1.165) is 0 Å². The second-order valence-electron chi connectivity index (χ2n) is 6.11. The van der Waals surface area contributed by atoms with Gasteiger partial charge in [0.25, 0.3) is 0 Å². The van der Waals surface area contributed by atoms with Crippen molar-refractivity contribution in [3.8, 4) is 0 Å². The standard InChI is InChI=1S/C13H23N3O5/c1-7(15-12(20)21-13(2,3)4)10(17)16-8-5-9(11(18)19)14-6-8/h7-9,14H,5-6H2,1-4H3,(H,15,20)(H,16,17)(H,18,19). The molecule has 4 N–H and O–H groups in total. The van der Waals surface area contributed by atoms with Crippen LogP contribution in [0.25, 0.3) is 0 Å². The van der Waals surface area contributed by atoms with Gasteiger partial charge in [-0.25, -0.2) is 4.79 Å². The highest BCUT2D eigenvalue weighted by Crippen LogP contribution is 2.08. The first-order chi connectivity index (χ1) is 9.58. The molecule has 0 aliphatic carbocycles. The first-order valence-corrected chi connectivity index (χ1v) is 6.84. The van der Waals surface area contributed by atoms with Crippen molar-refractivity contribution < 1.29 is 24.2 Å². The molecule has 8 nitrogen and oxygen atoms in total. The summed E-state index contributed by atoms with van der Waals surface area (Å²) in [5, 5.41) is 16.8.